The molecule has 0 spiro atoms. The lowest BCUT2D eigenvalue weighted by Gasteiger charge is -2.28. The SMILES string of the molecule is Cc1ncsc1CCNC(C)C1CCOCC1. The number of ether oxygens (including phenoxy) is 1. The molecule has 0 aromatic carbocycles. The molecule has 0 bridgehead atoms. The Balaban J connectivity index is 1.69. The maximum atomic E-state index is 5.39. The molecule has 1 aromatic rings. The molecule has 1 atom stereocenters. The van der Waals surface area contributed by atoms with Crippen molar-refractivity contribution in [2.45, 2.75) is 39.2 Å². The minimum Gasteiger partial charge on any atom is -0.381 e. The molecular formula is C13H22N2OS. The van der Waals surface area contributed by atoms with Crippen LogP contribution in [-0.4, -0.2) is 30.8 Å². The second kappa shape index (κ2) is 6.47. The van der Waals surface area contributed by atoms with Gasteiger partial charge in [-0.25, -0.2) is 4.98 Å². The summed E-state index contributed by atoms with van der Waals surface area (Å²) in [4.78, 5) is 5.69. The summed E-state index contributed by atoms with van der Waals surface area (Å²) in [7, 11) is 0. The van der Waals surface area contributed by atoms with E-state index in [1.165, 1.54) is 23.4 Å². The van der Waals surface area contributed by atoms with Gasteiger partial charge in [0.05, 0.1) is 11.2 Å². The van der Waals surface area contributed by atoms with Gasteiger partial charge in [0, 0.05) is 30.7 Å². The molecule has 1 aromatic heterocycles. The van der Waals surface area contributed by atoms with Crippen LogP contribution in [0.3, 0.4) is 0 Å². The van der Waals surface area contributed by atoms with E-state index in [1.807, 2.05) is 5.51 Å². The first-order valence-electron chi connectivity index (χ1n) is 6.47. The van der Waals surface area contributed by atoms with Crippen LogP contribution in [0.15, 0.2) is 5.51 Å². The summed E-state index contributed by atoms with van der Waals surface area (Å²) in [5.74, 6) is 0.784. The molecule has 4 heteroatoms. The third-order valence-electron chi connectivity index (χ3n) is 3.64. The smallest absolute Gasteiger partial charge is 0.0797 e. The fourth-order valence-corrected chi connectivity index (χ4v) is 3.14. The van der Waals surface area contributed by atoms with E-state index in [-0.39, 0.29) is 0 Å². The van der Waals surface area contributed by atoms with Crippen molar-refractivity contribution < 1.29 is 4.74 Å². The average Bonchev–Trinajstić information content (AvgIpc) is 2.76. The van der Waals surface area contributed by atoms with Crippen molar-refractivity contribution in [3.05, 3.63) is 16.1 Å². The molecule has 0 aliphatic carbocycles. The molecule has 1 saturated heterocycles. The van der Waals surface area contributed by atoms with E-state index >= 15 is 0 Å². The predicted octanol–water partition coefficient (Wildman–Crippen LogP) is 2.40. The van der Waals surface area contributed by atoms with Gasteiger partial charge in [-0.2, -0.15) is 0 Å². The minimum atomic E-state index is 0.604. The van der Waals surface area contributed by atoms with Crippen molar-refractivity contribution in [2.75, 3.05) is 19.8 Å². The fraction of sp³-hybridized carbons (Fsp3) is 0.769. The van der Waals surface area contributed by atoms with Crippen LogP contribution in [0, 0.1) is 12.8 Å². The second-order valence-corrected chi connectivity index (χ2v) is 5.74. The van der Waals surface area contributed by atoms with Gasteiger partial charge < -0.3 is 10.1 Å². The number of aryl methyl sites for hydroxylation is 1. The van der Waals surface area contributed by atoms with Gasteiger partial charge in [-0.15, -0.1) is 11.3 Å². The molecule has 3 nitrogen and oxygen atoms in total. The number of nitrogens with one attached hydrogen (secondary N) is 1. The van der Waals surface area contributed by atoms with Crippen LogP contribution in [0.1, 0.15) is 30.3 Å². The lowest BCUT2D eigenvalue weighted by atomic mass is 9.93. The molecule has 0 radical (unpaired) electrons. The summed E-state index contributed by atoms with van der Waals surface area (Å²) in [5, 5.41) is 3.64. The maximum Gasteiger partial charge on any atom is 0.0797 e. The van der Waals surface area contributed by atoms with E-state index in [1.54, 1.807) is 11.3 Å². The zero-order valence-electron chi connectivity index (χ0n) is 10.7. The normalized spacial score (nSPS) is 19.4. The monoisotopic (exact) mass is 254 g/mol. The summed E-state index contributed by atoms with van der Waals surface area (Å²) >= 11 is 1.77. The predicted molar refractivity (Wildman–Crippen MR) is 71.6 cm³/mol. The second-order valence-electron chi connectivity index (χ2n) is 4.80. The fourth-order valence-electron chi connectivity index (χ4n) is 2.36. The maximum absolute atomic E-state index is 5.39. The zero-order chi connectivity index (χ0) is 12.1. The Morgan fingerprint density at radius 1 is 1.53 bits per heavy atom. The third-order valence-corrected chi connectivity index (χ3v) is 4.63. The van der Waals surface area contributed by atoms with Gasteiger partial charge in [0.1, 0.15) is 0 Å². The lowest BCUT2D eigenvalue weighted by Crippen LogP contribution is -2.37. The molecule has 0 saturated carbocycles. The lowest BCUT2D eigenvalue weighted by molar-refractivity contribution is 0.0561. The number of hydrogen-bond donors (Lipinski definition) is 1. The minimum absolute atomic E-state index is 0.604. The standard InChI is InChI=1S/C13H22N2OS/c1-10(12-4-7-16-8-5-12)14-6-3-13-11(2)15-9-17-13/h9-10,12,14H,3-8H2,1-2H3. The van der Waals surface area contributed by atoms with Gasteiger partial charge in [-0.05, 0) is 39.0 Å². The van der Waals surface area contributed by atoms with Gasteiger partial charge >= 0.3 is 0 Å². The molecule has 1 aliphatic rings. The van der Waals surface area contributed by atoms with Crippen LogP contribution in [0.25, 0.3) is 0 Å². The summed E-state index contributed by atoms with van der Waals surface area (Å²) in [6.45, 7) is 7.32. The highest BCUT2D eigenvalue weighted by Gasteiger charge is 2.19. The van der Waals surface area contributed by atoms with Crippen LogP contribution in [0.5, 0.6) is 0 Å². The molecule has 2 rings (SSSR count). The summed E-state index contributed by atoms with van der Waals surface area (Å²) in [6, 6.07) is 0.604. The van der Waals surface area contributed by atoms with E-state index in [0.717, 1.165) is 32.1 Å². The van der Waals surface area contributed by atoms with Crippen molar-refractivity contribution in [3.63, 3.8) is 0 Å². The van der Waals surface area contributed by atoms with Crippen molar-refractivity contribution in [3.8, 4) is 0 Å². The third kappa shape index (κ3) is 3.76. The Labute approximate surface area is 108 Å². The van der Waals surface area contributed by atoms with Crippen LogP contribution in [0.4, 0.5) is 0 Å². The van der Waals surface area contributed by atoms with Crippen molar-refractivity contribution in [1.82, 2.24) is 10.3 Å². The molecule has 0 amide bonds. The molecule has 1 aliphatic heterocycles. The summed E-state index contributed by atoms with van der Waals surface area (Å²) in [5.41, 5.74) is 3.13. The van der Waals surface area contributed by atoms with Gasteiger partial charge in [-0.1, -0.05) is 0 Å². The Bertz CT molecular complexity index is 334. The Kier molecular flexibility index (Phi) is 4.95. The highest BCUT2D eigenvalue weighted by molar-refractivity contribution is 7.09. The molecule has 17 heavy (non-hydrogen) atoms. The molecular weight excluding hydrogens is 232 g/mol. The van der Waals surface area contributed by atoms with E-state index in [9.17, 15) is 0 Å². The highest BCUT2D eigenvalue weighted by Crippen LogP contribution is 2.18. The van der Waals surface area contributed by atoms with Crippen molar-refractivity contribution >= 4 is 11.3 Å². The van der Waals surface area contributed by atoms with Gasteiger partial charge in [-0.3, -0.25) is 0 Å². The summed E-state index contributed by atoms with van der Waals surface area (Å²) < 4.78 is 5.39. The quantitative estimate of drug-likeness (QED) is 0.876. The number of nitrogens with zero attached hydrogens (tertiary/aromatic N) is 1. The average molecular weight is 254 g/mol. The Morgan fingerprint density at radius 3 is 2.94 bits per heavy atom. The van der Waals surface area contributed by atoms with E-state index in [2.05, 4.69) is 24.1 Å². The molecule has 2 heterocycles. The first-order valence-corrected chi connectivity index (χ1v) is 7.35. The number of thiazole rings is 1. The van der Waals surface area contributed by atoms with Gasteiger partial charge in [0.2, 0.25) is 0 Å². The molecule has 1 fully saturated rings. The van der Waals surface area contributed by atoms with Gasteiger partial charge in [0.15, 0.2) is 0 Å². The van der Waals surface area contributed by atoms with E-state index < -0.39 is 0 Å². The Hall–Kier alpha value is -0.450. The molecule has 96 valence electrons. The first-order chi connectivity index (χ1) is 8.27. The van der Waals surface area contributed by atoms with Crippen molar-refractivity contribution in [2.24, 2.45) is 5.92 Å². The number of rotatable bonds is 5. The van der Waals surface area contributed by atoms with Crippen LogP contribution >= 0.6 is 11.3 Å². The number of aromatic nitrogens is 1. The number of hydrogen-bond acceptors (Lipinski definition) is 4. The van der Waals surface area contributed by atoms with E-state index in [0.29, 0.717) is 6.04 Å². The molecule has 1 N–H and O–H groups in total. The summed E-state index contributed by atoms with van der Waals surface area (Å²) in [6.07, 6.45) is 3.51. The van der Waals surface area contributed by atoms with Gasteiger partial charge in [0.25, 0.3) is 0 Å². The Morgan fingerprint density at radius 2 is 2.29 bits per heavy atom. The first kappa shape index (κ1) is 13.0. The van der Waals surface area contributed by atoms with Crippen LogP contribution in [-0.2, 0) is 11.2 Å². The zero-order valence-corrected chi connectivity index (χ0v) is 11.6. The largest absolute Gasteiger partial charge is 0.381 e. The van der Waals surface area contributed by atoms with Crippen LogP contribution < -0.4 is 5.32 Å². The van der Waals surface area contributed by atoms with Crippen LogP contribution in [0.2, 0.25) is 0 Å². The van der Waals surface area contributed by atoms with Crippen molar-refractivity contribution in [1.29, 1.82) is 0 Å². The van der Waals surface area contributed by atoms with E-state index in [4.69, 9.17) is 4.74 Å². The molecule has 1 unspecified atom stereocenters. The highest BCUT2D eigenvalue weighted by atomic mass is 32.1. The topological polar surface area (TPSA) is 34.2 Å².